The smallest absolute Gasteiger partial charge is 0.338 e. The lowest BCUT2D eigenvalue weighted by Gasteiger charge is -2.23. The molecule has 1 aromatic carbocycles. The van der Waals surface area contributed by atoms with Crippen molar-refractivity contribution < 1.29 is 19.6 Å². The van der Waals surface area contributed by atoms with Gasteiger partial charge in [0.05, 0.1) is 23.1 Å². The van der Waals surface area contributed by atoms with Gasteiger partial charge < -0.3 is 15.2 Å². The molecular weight excluding hydrogens is 264 g/mol. The summed E-state index contributed by atoms with van der Waals surface area (Å²) in [7, 11) is 1.56. The van der Waals surface area contributed by atoms with Crippen molar-refractivity contribution in [2.75, 3.05) is 19.0 Å². The van der Waals surface area contributed by atoms with Crippen LogP contribution in [0.15, 0.2) is 18.2 Å². The van der Waals surface area contributed by atoms with Gasteiger partial charge in [0.15, 0.2) is 0 Å². The average molecular weight is 282 g/mol. The van der Waals surface area contributed by atoms with E-state index in [0.29, 0.717) is 12.3 Å². The molecule has 2 N–H and O–H groups in total. The van der Waals surface area contributed by atoms with Crippen molar-refractivity contribution in [2.45, 2.75) is 19.9 Å². The van der Waals surface area contributed by atoms with Crippen molar-refractivity contribution in [3.05, 3.63) is 33.9 Å². The van der Waals surface area contributed by atoms with Crippen LogP contribution in [0, 0.1) is 16.0 Å². The molecule has 1 aromatic rings. The van der Waals surface area contributed by atoms with Crippen LogP contribution in [0.1, 0.15) is 24.2 Å². The number of nitro benzene ring substituents is 1. The highest BCUT2D eigenvalue weighted by Crippen LogP contribution is 2.24. The Labute approximate surface area is 116 Å². The van der Waals surface area contributed by atoms with Crippen molar-refractivity contribution in [1.29, 1.82) is 0 Å². The maximum Gasteiger partial charge on any atom is 0.338 e. The number of benzene rings is 1. The molecule has 0 saturated carbocycles. The van der Waals surface area contributed by atoms with Gasteiger partial charge in [0.1, 0.15) is 0 Å². The highest BCUT2D eigenvalue weighted by Gasteiger charge is 2.20. The van der Waals surface area contributed by atoms with Gasteiger partial charge in [-0.05, 0) is 12.0 Å². The van der Waals surface area contributed by atoms with Gasteiger partial charge >= 0.3 is 5.97 Å². The van der Waals surface area contributed by atoms with Crippen LogP contribution in [-0.4, -0.2) is 35.8 Å². The van der Waals surface area contributed by atoms with Crippen LogP contribution in [0.2, 0.25) is 0 Å². The fourth-order valence-electron chi connectivity index (χ4n) is 1.73. The molecule has 1 unspecified atom stereocenters. The molecule has 0 aliphatic rings. The lowest BCUT2D eigenvalue weighted by Crippen LogP contribution is -2.31. The summed E-state index contributed by atoms with van der Waals surface area (Å²) in [4.78, 5) is 21.3. The maximum absolute atomic E-state index is 11.2. The summed E-state index contributed by atoms with van der Waals surface area (Å²) in [6.45, 7) is 4.36. The molecule has 1 atom stereocenters. The van der Waals surface area contributed by atoms with Gasteiger partial charge in [-0.15, -0.1) is 0 Å². The largest absolute Gasteiger partial charge is 0.478 e. The fraction of sp³-hybridized carbons (Fsp3) is 0.462. The predicted octanol–water partition coefficient (Wildman–Crippen LogP) is 2.38. The lowest BCUT2D eigenvalue weighted by atomic mass is 10.0. The van der Waals surface area contributed by atoms with Crippen LogP contribution in [0.25, 0.3) is 0 Å². The first-order valence-electron chi connectivity index (χ1n) is 6.14. The van der Waals surface area contributed by atoms with E-state index in [0.717, 1.165) is 6.07 Å². The Balaban J connectivity index is 3.10. The van der Waals surface area contributed by atoms with E-state index in [1.54, 1.807) is 7.11 Å². The third-order valence-corrected chi connectivity index (χ3v) is 2.94. The van der Waals surface area contributed by atoms with E-state index in [-0.39, 0.29) is 23.2 Å². The number of nitrogens with zero attached hydrogens (tertiary/aromatic N) is 1. The molecule has 0 amide bonds. The topological polar surface area (TPSA) is 102 Å². The Hall–Kier alpha value is -2.15. The third kappa shape index (κ3) is 3.92. The average Bonchev–Trinajstić information content (AvgIpc) is 2.37. The van der Waals surface area contributed by atoms with E-state index < -0.39 is 10.9 Å². The molecule has 0 spiro atoms. The second-order valence-corrected chi connectivity index (χ2v) is 4.74. The quantitative estimate of drug-likeness (QED) is 0.588. The molecule has 1 rings (SSSR count). The van der Waals surface area contributed by atoms with E-state index in [1.807, 2.05) is 13.8 Å². The number of carbonyl (C=O) groups is 1. The predicted molar refractivity (Wildman–Crippen MR) is 74.2 cm³/mol. The van der Waals surface area contributed by atoms with Crippen molar-refractivity contribution in [3.63, 3.8) is 0 Å². The zero-order valence-electron chi connectivity index (χ0n) is 11.6. The molecule has 0 bridgehead atoms. The standard InChI is InChI=1S/C13H18N2O5/c1-8(2)12(7-20-3)14-11-5-4-9(15(18)19)6-10(11)13(16)17/h4-6,8,12,14H,7H2,1-3H3,(H,16,17). The van der Waals surface area contributed by atoms with Crippen LogP contribution in [-0.2, 0) is 4.74 Å². The number of ether oxygens (including phenoxy) is 1. The monoisotopic (exact) mass is 282 g/mol. The molecule has 0 aliphatic heterocycles. The number of aromatic carboxylic acids is 1. The first-order valence-corrected chi connectivity index (χ1v) is 6.14. The van der Waals surface area contributed by atoms with Crippen molar-refractivity contribution in [3.8, 4) is 0 Å². The molecular formula is C13H18N2O5. The van der Waals surface area contributed by atoms with Gasteiger partial charge in [-0.3, -0.25) is 10.1 Å². The minimum atomic E-state index is -1.21. The molecule has 0 heterocycles. The molecule has 7 nitrogen and oxygen atoms in total. The van der Waals surface area contributed by atoms with E-state index in [4.69, 9.17) is 9.84 Å². The molecule has 0 fully saturated rings. The highest BCUT2D eigenvalue weighted by molar-refractivity contribution is 5.95. The van der Waals surface area contributed by atoms with Gasteiger partial charge in [-0.1, -0.05) is 13.8 Å². The minimum Gasteiger partial charge on any atom is -0.478 e. The van der Waals surface area contributed by atoms with E-state index >= 15 is 0 Å². The van der Waals surface area contributed by atoms with Crippen LogP contribution < -0.4 is 5.32 Å². The molecule has 0 aliphatic carbocycles. The van der Waals surface area contributed by atoms with Gasteiger partial charge in [0, 0.05) is 24.9 Å². The summed E-state index contributed by atoms with van der Waals surface area (Å²) in [6.07, 6.45) is 0. The van der Waals surface area contributed by atoms with Crippen LogP contribution in [0.3, 0.4) is 0 Å². The SMILES string of the molecule is COCC(Nc1ccc([N+](=O)[O-])cc1C(=O)O)C(C)C. The normalized spacial score (nSPS) is 12.2. The molecule has 0 aromatic heterocycles. The highest BCUT2D eigenvalue weighted by atomic mass is 16.6. The minimum absolute atomic E-state index is 0.0837. The number of carboxylic acid groups (broad SMARTS) is 1. The number of rotatable bonds is 7. The van der Waals surface area contributed by atoms with Crippen molar-refractivity contribution >= 4 is 17.3 Å². The lowest BCUT2D eigenvalue weighted by molar-refractivity contribution is -0.384. The number of non-ortho nitro benzene ring substituents is 1. The first-order chi connectivity index (χ1) is 9.36. The summed E-state index contributed by atoms with van der Waals surface area (Å²) in [6, 6.07) is 3.65. The Bertz CT molecular complexity index is 502. The van der Waals surface area contributed by atoms with E-state index in [9.17, 15) is 14.9 Å². The summed E-state index contributed by atoms with van der Waals surface area (Å²) in [5, 5.41) is 22.9. The number of nitro groups is 1. The Kier molecular flexibility index (Phi) is 5.45. The van der Waals surface area contributed by atoms with Crippen LogP contribution in [0.4, 0.5) is 11.4 Å². The first kappa shape index (κ1) is 15.9. The second kappa shape index (κ2) is 6.85. The van der Waals surface area contributed by atoms with E-state index in [2.05, 4.69) is 5.32 Å². The van der Waals surface area contributed by atoms with Gasteiger partial charge in [-0.25, -0.2) is 4.79 Å². The van der Waals surface area contributed by atoms with Gasteiger partial charge in [0.2, 0.25) is 0 Å². The number of hydrogen-bond acceptors (Lipinski definition) is 5. The van der Waals surface area contributed by atoms with E-state index in [1.165, 1.54) is 12.1 Å². The summed E-state index contributed by atoms with van der Waals surface area (Å²) >= 11 is 0. The van der Waals surface area contributed by atoms with Crippen LogP contribution in [0.5, 0.6) is 0 Å². The van der Waals surface area contributed by atoms with Gasteiger partial charge in [0.25, 0.3) is 5.69 Å². The molecule has 7 heteroatoms. The molecule has 20 heavy (non-hydrogen) atoms. The molecule has 0 saturated heterocycles. The second-order valence-electron chi connectivity index (χ2n) is 4.74. The summed E-state index contributed by atoms with van der Waals surface area (Å²) in [5.41, 5.74) is -0.0272. The Morgan fingerprint density at radius 2 is 2.15 bits per heavy atom. The molecule has 0 radical (unpaired) electrons. The van der Waals surface area contributed by atoms with Crippen LogP contribution >= 0.6 is 0 Å². The molecule has 110 valence electrons. The number of methoxy groups -OCH3 is 1. The van der Waals surface area contributed by atoms with Crippen molar-refractivity contribution in [1.82, 2.24) is 0 Å². The zero-order chi connectivity index (χ0) is 15.3. The number of anilines is 1. The summed E-state index contributed by atoms with van der Waals surface area (Å²) < 4.78 is 5.08. The zero-order valence-corrected chi connectivity index (χ0v) is 11.6. The maximum atomic E-state index is 11.2. The van der Waals surface area contributed by atoms with Gasteiger partial charge in [-0.2, -0.15) is 0 Å². The fourth-order valence-corrected chi connectivity index (χ4v) is 1.73. The number of carboxylic acids is 1. The van der Waals surface area contributed by atoms with Crippen molar-refractivity contribution in [2.24, 2.45) is 5.92 Å². The Morgan fingerprint density at radius 3 is 2.60 bits per heavy atom. The summed E-state index contributed by atoms with van der Waals surface area (Å²) in [5.74, 6) is -0.997. The third-order valence-electron chi connectivity index (χ3n) is 2.94. The Morgan fingerprint density at radius 1 is 1.50 bits per heavy atom. The number of nitrogens with one attached hydrogen (secondary N) is 1. The number of hydrogen-bond donors (Lipinski definition) is 2.